The Kier molecular flexibility index (Phi) is 5.40. The summed E-state index contributed by atoms with van der Waals surface area (Å²) in [5.74, 6) is -0.876. The third-order valence-corrected chi connectivity index (χ3v) is 4.87. The molecule has 3 rings (SSSR count). The van der Waals surface area contributed by atoms with Gasteiger partial charge in [0, 0.05) is 31.7 Å². The molecule has 0 saturated heterocycles. The molecule has 28 heavy (non-hydrogen) atoms. The van der Waals surface area contributed by atoms with Gasteiger partial charge in [-0.15, -0.1) is 0 Å². The molecule has 1 heterocycles. The second-order valence-electron chi connectivity index (χ2n) is 6.95. The molecule has 1 saturated carbocycles. The summed E-state index contributed by atoms with van der Waals surface area (Å²) in [5, 5.41) is 2.47. The SMILES string of the molecule is CN(CCc1ccncc1)C(=O)C1(C(=O)Nc2cccc(C(F)(F)F)c2)CC1. The van der Waals surface area contributed by atoms with Crippen LogP contribution < -0.4 is 5.32 Å². The highest BCUT2D eigenvalue weighted by atomic mass is 19.4. The number of amides is 2. The third-order valence-electron chi connectivity index (χ3n) is 4.87. The van der Waals surface area contributed by atoms with E-state index in [1.165, 1.54) is 17.0 Å². The number of likely N-dealkylation sites (N-methyl/N-ethyl adjacent to an activating group) is 1. The fraction of sp³-hybridized carbons (Fsp3) is 0.350. The number of halogens is 3. The molecule has 1 fully saturated rings. The summed E-state index contributed by atoms with van der Waals surface area (Å²) in [4.78, 5) is 30.8. The van der Waals surface area contributed by atoms with Crippen LogP contribution in [0.25, 0.3) is 0 Å². The summed E-state index contributed by atoms with van der Waals surface area (Å²) in [6.07, 6.45) is 0.230. The van der Waals surface area contributed by atoms with Crippen LogP contribution in [0.5, 0.6) is 0 Å². The third kappa shape index (κ3) is 4.32. The molecule has 0 atom stereocenters. The van der Waals surface area contributed by atoms with Gasteiger partial charge in [-0.3, -0.25) is 14.6 Å². The number of nitrogens with one attached hydrogen (secondary N) is 1. The molecule has 1 aromatic heterocycles. The number of pyridine rings is 1. The number of aromatic nitrogens is 1. The van der Waals surface area contributed by atoms with Gasteiger partial charge >= 0.3 is 6.18 Å². The first kappa shape index (κ1) is 19.9. The maximum absolute atomic E-state index is 12.8. The molecule has 1 N–H and O–H groups in total. The topological polar surface area (TPSA) is 62.3 Å². The number of hydrogen-bond acceptors (Lipinski definition) is 3. The van der Waals surface area contributed by atoms with Crippen molar-refractivity contribution in [2.24, 2.45) is 5.41 Å². The van der Waals surface area contributed by atoms with E-state index < -0.39 is 23.1 Å². The standard InChI is InChI=1S/C20H20F3N3O2/c1-26(12-7-14-5-10-24-11-6-14)18(28)19(8-9-19)17(27)25-16-4-2-3-15(13-16)20(21,22)23/h2-6,10-11,13H,7-9,12H2,1H3,(H,25,27). The normalized spacial score (nSPS) is 15.0. The van der Waals surface area contributed by atoms with Gasteiger partial charge in [0.1, 0.15) is 5.41 Å². The molecule has 0 bridgehead atoms. The Balaban J connectivity index is 1.64. The minimum Gasteiger partial charge on any atom is -0.344 e. The number of hydrogen-bond donors (Lipinski definition) is 1. The Bertz CT molecular complexity index is 864. The van der Waals surface area contributed by atoms with Gasteiger partial charge in [0.25, 0.3) is 0 Å². The number of alkyl halides is 3. The van der Waals surface area contributed by atoms with Crippen LogP contribution in [0.3, 0.4) is 0 Å². The zero-order chi connectivity index (χ0) is 20.4. The number of benzene rings is 1. The molecule has 1 aliphatic carbocycles. The van der Waals surface area contributed by atoms with Crippen molar-refractivity contribution in [3.05, 3.63) is 59.9 Å². The quantitative estimate of drug-likeness (QED) is 0.767. The predicted molar refractivity (Wildman–Crippen MR) is 97.3 cm³/mol. The average Bonchev–Trinajstić information content (AvgIpc) is 3.48. The lowest BCUT2D eigenvalue weighted by atomic mass is 10.0. The highest BCUT2D eigenvalue weighted by Crippen LogP contribution is 2.48. The van der Waals surface area contributed by atoms with Crippen molar-refractivity contribution in [2.45, 2.75) is 25.4 Å². The van der Waals surface area contributed by atoms with Crippen molar-refractivity contribution in [1.82, 2.24) is 9.88 Å². The van der Waals surface area contributed by atoms with Gasteiger partial charge in [-0.25, -0.2) is 0 Å². The van der Waals surface area contributed by atoms with E-state index in [0.717, 1.165) is 17.7 Å². The van der Waals surface area contributed by atoms with Gasteiger partial charge < -0.3 is 10.2 Å². The van der Waals surface area contributed by atoms with E-state index in [-0.39, 0.29) is 11.6 Å². The van der Waals surface area contributed by atoms with Gasteiger partial charge in [-0.1, -0.05) is 6.07 Å². The summed E-state index contributed by atoms with van der Waals surface area (Å²) in [7, 11) is 1.63. The van der Waals surface area contributed by atoms with Crippen LogP contribution >= 0.6 is 0 Å². The Morgan fingerprint density at radius 2 is 1.86 bits per heavy atom. The van der Waals surface area contributed by atoms with E-state index in [0.29, 0.717) is 25.8 Å². The molecule has 5 nitrogen and oxygen atoms in total. The molecule has 2 aromatic rings. The molecule has 1 aromatic carbocycles. The van der Waals surface area contributed by atoms with E-state index in [1.54, 1.807) is 19.4 Å². The first-order chi connectivity index (χ1) is 13.2. The summed E-state index contributed by atoms with van der Waals surface area (Å²) >= 11 is 0. The molecular formula is C20H20F3N3O2. The number of anilines is 1. The highest BCUT2D eigenvalue weighted by molar-refractivity contribution is 6.13. The van der Waals surface area contributed by atoms with Crippen molar-refractivity contribution < 1.29 is 22.8 Å². The van der Waals surface area contributed by atoms with Crippen molar-refractivity contribution in [3.8, 4) is 0 Å². The lowest BCUT2D eigenvalue weighted by Crippen LogP contribution is -2.41. The Labute approximate surface area is 160 Å². The van der Waals surface area contributed by atoms with Crippen molar-refractivity contribution >= 4 is 17.5 Å². The number of rotatable bonds is 6. The van der Waals surface area contributed by atoms with Crippen molar-refractivity contribution in [2.75, 3.05) is 18.9 Å². The molecule has 1 aliphatic rings. The van der Waals surface area contributed by atoms with Gasteiger partial charge in [0.2, 0.25) is 11.8 Å². The van der Waals surface area contributed by atoms with Crippen molar-refractivity contribution in [3.63, 3.8) is 0 Å². The molecule has 0 spiro atoms. The van der Waals surface area contributed by atoms with Crippen LogP contribution in [0.2, 0.25) is 0 Å². The maximum atomic E-state index is 12.8. The Hall–Kier alpha value is -2.90. The smallest absolute Gasteiger partial charge is 0.344 e. The van der Waals surface area contributed by atoms with Gasteiger partial charge in [0.05, 0.1) is 5.56 Å². The largest absolute Gasteiger partial charge is 0.416 e. The predicted octanol–water partition coefficient (Wildman–Crippen LogP) is 3.52. The zero-order valence-electron chi connectivity index (χ0n) is 15.3. The minimum atomic E-state index is -4.50. The van der Waals surface area contributed by atoms with Crippen LogP contribution in [0, 0.1) is 5.41 Å². The average molecular weight is 391 g/mol. The summed E-state index contributed by atoms with van der Waals surface area (Å²) < 4.78 is 38.5. The molecular weight excluding hydrogens is 371 g/mol. The highest BCUT2D eigenvalue weighted by Gasteiger charge is 2.57. The molecule has 0 aliphatic heterocycles. The van der Waals surface area contributed by atoms with E-state index in [1.807, 2.05) is 12.1 Å². The Morgan fingerprint density at radius 1 is 1.18 bits per heavy atom. The molecule has 8 heteroatoms. The van der Waals surface area contributed by atoms with Crippen molar-refractivity contribution in [1.29, 1.82) is 0 Å². The first-order valence-corrected chi connectivity index (χ1v) is 8.85. The maximum Gasteiger partial charge on any atom is 0.416 e. The first-order valence-electron chi connectivity index (χ1n) is 8.85. The lowest BCUT2D eigenvalue weighted by molar-refractivity contribution is -0.141. The summed E-state index contributed by atoms with van der Waals surface area (Å²) in [5.41, 5.74) is -0.997. The minimum absolute atomic E-state index is 0.0262. The van der Waals surface area contributed by atoms with Crippen LogP contribution in [0.4, 0.5) is 18.9 Å². The number of carbonyl (C=O) groups excluding carboxylic acids is 2. The number of nitrogens with zero attached hydrogens (tertiary/aromatic N) is 2. The van der Waals surface area contributed by atoms with Gasteiger partial charge in [-0.2, -0.15) is 13.2 Å². The van der Waals surface area contributed by atoms with Gasteiger partial charge in [0.15, 0.2) is 0 Å². The molecule has 0 unspecified atom stereocenters. The van der Waals surface area contributed by atoms with Crippen LogP contribution in [-0.2, 0) is 22.2 Å². The zero-order valence-corrected chi connectivity index (χ0v) is 15.3. The summed E-state index contributed by atoms with van der Waals surface area (Å²) in [6.45, 7) is 0.432. The van der Waals surface area contributed by atoms with E-state index in [2.05, 4.69) is 10.3 Å². The van der Waals surface area contributed by atoms with E-state index in [4.69, 9.17) is 0 Å². The second kappa shape index (κ2) is 7.61. The fourth-order valence-electron chi connectivity index (χ4n) is 3.00. The van der Waals surface area contributed by atoms with E-state index in [9.17, 15) is 22.8 Å². The molecule has 2 amide bonds. The Morgan fingerprint density at radius 3 is 2.46 bits per heavy atom. The second-order valence-corrected chi connectivity index (χ2v) is 6.95. The molecule has 148 valence electrons. The van der Waals surface area contributed by atoms with Crippen LogP contribution in [0.15, 0.2) is 48.8 Å². The molecule has 0 radical (unpaired) electrons. The fourth-order valence-corrected chi connectivity index (χ4v) is 3.00. The lowest BCUT2D eigenvalue weighted by Gasteiger charge is -2.23. The monoisotopic (exact) mass is 391 g/mol. The van der Waals surface area contributed by atoms with Crippen LogP contribution in [-0.4, -0.2) is 35.3 Å². The number of carbonyl (C=O) groups is 2. The van der Waals surface area contributed by atoms with E-state index >= 15 is 0 Å². The summed E-state index contributed by atoms with van der Waals surface area (Å²) in [6, 6.07) is 8.10. The van der Waals surface area contributed by atoms with Crippen LogP contribution in [0.1, 0.15) is 24.0 Å². The van der Waals surface area contributed by atoms with Gasteiger partial charge in [-0.05, 0) is 55.2 Å².